The summed E-state index contributed by atoms with van der Waals surface area (Å²) in [6.07, 6.45) is 8.60. The molecule has 1 aromatic carbocycles. The molecule has 0 aromatic heterocycles. The van der Waals surface area contributed by atoms with E-state index in [1.54, 1.807) is 0 Å². The number of benzene rings is 1. The molecule has 2 atom stereocenters. The third kappa shape index (κ3) is 5.17. The Balaban J connectivity index is 2.58. The molecule has 1 heterocycles. The van der Waals surface area contributed by atoms with Crippen LogP contribution in [0.5, 0.6) is 0 Å². The van der Waals surface area contributed by atoms with Crippen molar-refractivity contribution in [3.05, 3.63) is 40.4 Å². The first-order chi connectivity index (χ1) is 13.0. The van der Waals surface area contributed by atoms with Gasteiger partial charge in [0.1, 0.15) is 5.60 Å². The third-order valence-electron chi connectivity index (χ3n) is 5.12. The first kappa shape index (κ1) is 22.5. The molecule has 0 spiro atoms. The molecule has 0 saturated carbocycles. The molecular formula is C23H33BrClNO. The highest BCUT2D eigenvalue weighted by Crippen LogP contribution is 2.47. The minimum atomic E-state index is -0.275. The topological polar surface area (TPSA) is 21.6 Å². The van der Waals surface area contributed by atoms with E-state index in [-0.39, 0.29) is 5.60 Å². The van der Waals surface area contributed by atoms with E-state index in [4.69, 9.17) is 21.3 Å². The molecule has 4 heteroatoms. The smallest absolute Gasteiger partial charge is 0.218 e. The van der Waals surface area contributed by atoms with Gasteiger partial charge in [0.15, 0.2) is 0 Å². The Hall–Kier alpha value is -0.800. The fraction of sp³-hybridized carbons (Fsp3) is 0.609. The number of alkyl halides is 1. The number of halogens is 2. The molecule has 0 fully saturated rings. The van der Waals surface area contributed by atoms with Crippen LogP contribution in [0.25, 0.3) is 0 Å². The highest BCUT2D eigenvalue weighted by Gasteiger charge is 2.49. The maximum Gasteiger partial charge on any atom is 0.218 e. The molecule has 0 N–H and O–H groups in total. The predicted octanol–water partition coefficient (Wildman–Crippen LogP) is 8.40. The zero-order valence-corrected chi connectivity index (χ0v) is 19.5. The largest absolute Gasteiger partial charge is 0.465 e. The average molecular weight is 455 g/mol. The van der Waals surface area contributed by atoms with E-state index >= 15 is 0 Å². The molecule has 27 heavy (non-hydrogen) atoms. The van der Waals surface area contributed by atoms with Gasteiger partial charge in [0.05, 0.1) is 10.5 Å². The molecule has 1 aliphatic heterocycles. The lowest BCUT2D eigenvalue weighted by molar-refractivity contribution is 0.0895. The second-order valence-corrected chi connectivity index (χ2v) is 8.89. The van der Waals surface area contributed by atoms with E-state index < -0.39 is 0 Å². The van der Waals surface area contributed by atoms with Crippen molar-refractivity contribution >= 4 is 39.1 Å². The van der Waals surface area contributed by atoms with Crippen LogP contribution in [0, 0.1) is 0 Å². The summed E-state index contributed by atoms with van der Waals surface area (Å²) in [5, 5.41) is 0.703. The molecule has 1 aromatic rings. The molecule has 0 aliphatic carbocycles. The SMILES string of the molecule is CCCC1=C(CCC)C(CCC)(C(Br)CCC)OC1=Nc1cccc(Cl)c1. The summed E-state index contributed by atoms with van der Waals surface area (Å²) in [7, 11) is 0. The Labute approximate surface area is 178 Å². The van der Waals surface area contributed by atoms with Crippen molar-refractivity contribution < 1.29 is 4.74 Å². The van der Waals surface area contributed by atoms with Crippen molar-refractivity contribution in [2.75, 3.05) is 0 Å². The molecule has 150 valence electrons. The van der Waals surface area contributed by atoms with Crippen LogP contribution in [0.1, 0.15) is 79.1 Å². The van der Waals surface area contributed by atoms with Gasteiger partial charge in [-0.15, -0.1) is 0 Å². The van der Waals surface area contributed by atoms with Crippen molar-refractivity contribution in [2.24, 2.45) is 4.99 Å². The summed E-state index contributed by atoms with van der Waals surface area (Å²) in [6.45, 7) is 8.96. The molecule has 1 aliphatic rings. The Morgan fingerprint density at radius 2 is 1.81 bits per heavy atom. The van der Waals surface area contributed by atoms with Crippen molar-refractivity contribution in [1.82, 2.24) is 0 Å². The number of rotatable bonds is 10. The quantitative estimate of drug-likeness (QED) is 0.325. The van der Waals surface area contributed by atoms with Gasteiger partial charge < -0.3 is 4.74 Å². The van der Waals surface area contributed by atoms with Gasteiger partial charge >= 0.3 is 0 Å². The van der Waals surface area contributed by atoms with Crippen molar-refractivity contribution in [2.45, 2.75) is 89.5 Å². The number of aliphatic imine (C=N–C) groups is 1. The maximum atomic E-state index is 6.76. The molecule has 2 rings (SSSR count). The van der Waals surface area contributed by atoms with Gasteiger partial charge in [0.2, 0.25) is 5.90 Å². The number of nitrogens with zero attached hydrogens (tertiary/aromatic N) is 1. The Morgan fingerprint density at radius 3 is 2.41 bits per heavy atom. The lowest BCUT2D eigenvalue weighted by atomic mass is 9.80. The summed E-state index contributed by atoms with van der Waals surface area (Å²) in [4.78, 5) is 5.20. The number of hydrogen-bond acceptors (Lipinski definition) is 2. The molecule has 0 amide bonds. The summed E-state index contributed by atoms with van der Waals surface area (Å²) in [5.41, 5.74) is 3.36. The lowest BCUT2D eigenvalue weighted by Crippen LogP contribution is -2.41. The van der Waals surface area contributed by atoms with Crippen molar-refractivity contribution in [3.8, 4) is 0 Å². The van der Waals surface area contributed by atoms with Crippen LogP contribution >= 0.6 is 27.5 Å². The van der Waals surface area contributed by atoms with Gasteiger partial charge in [-0.2, -0.15) is 0 Å². The Morgan fingerprint density at radius 1 is 1.07 bits per heavy atom. The van der Waals surface area contributed by atoms with E-state index in [9.17, 15) is 0 Å². The van der Waals surface area contributed by atoms with E-state index in [1.165, 1.54) is 11.1 Å². The lowest BCUT2D eigenvalue weighted by Gasteiger charge is -2.36. The predicted molar refractivity (Wildman–Crippen MR) is 122 cm³/mol. The minimum Gasteiger partial charge on any atom is -0.465 e. The normalized spacial score (nSPS) is 22.4. The van der Waals surface area contributed by atoms with Crippen LogP contribution in [-0.2, 0) is 4.74 Å². The monoisotopic (exact) mass is 453 g/mol. The third-order valence-corrected chi connectivity index (χ3v) is 6.55. The van der Waals surface area contributed by atoms with E-state index in [2.05, 4.69) is 43.6 Å². The van der Waals surface area contributed by atoms with Gasteiger partial charge in [-0.1, -0.05) is 87.0 Å². The first-order valence-electron chi connectivity index (χ1n) is 10.4. The van der Waals surface area contributed by atoms with E-state index in [0.29, 0.717) is 9.85 Å². The maximum absolute atomic E-state index is 6.76. The molecule has 0 bridgehead atoms. The zero-order valence-electron chi connectivity index (χ0n) is 17.2. The van der Waals surface area contributed by atoms with Crippen LogP contribution < -0.4 is 0 Å². The van der Waals surface area contributed by atoms with Crippen molar-refractivity contribution in [3.63, 3.8) is 0 Å². The fourth-order valence-electron chi connectivity index (χ4n) is 4.02. The summed E-state index contributed by atoms with van der Waals surface area (Å²) in [5.74, 6) is 0.802. The number of ether oxygens (including phenoxy) is 1. The van der Waals surface area contributed by atoms with Crippen LogP contribution in [0.4, 0.5) is 5.69 Å². The molecule has 0 radical (unpaired) electrons. The van der Waals surface area contributed by atoms with Crippen LogP contribution in [-0.4, -0.2) is 16.3 Å². The Bertz CT molecular complexity index is 685. The van der Waals surface area contributed by atoms with Gasteiger partial charge in [0.25, 0.3) is 0 Å². The molecule has 2 unspecified atom stereocenters. The van der Waals surface area contributed by atoms with Crippen molar-refractivity contribution in [1.29, 1.82) is 0 Å². The summed E-state index contributed by atoms with van der Waals surface area (Å²) < 4.78 is 6.76. The average Bonchev–Trinajstić information content (AvgIpc) is 2.91. The van der Waals surface area contributed by atoms with Crippen LogP contribution in [0.3, 0.4) is 0 Å². The highest BCUT2D eigenvalue weighted by atomic mass is 79.9. The summed E-state index contributed by atoms with van der Waals surface area (Å²) in [6, 6.07) is 7.71. The Kier molecular flexibility index (Phi) is 8.88. The molecular weight excluding hydrogens is 422 g/mol. The van der Waals surface area contributed by atoms with Gasteiger partial charge in [0, 0.05) is 10.6 Å². The van der Waals surface area contributed by atoms with Crippen LogP contribution in [0.15, 0.2) is 40.4 Å². The van der Waals surface area contributed by atoms with E-state index in [0.717, 1.165) is 63.0 Å². The second-order valence-electron chi connectivity index (χ2n) is 7.35. The standard InChI is InChI=1S/C23H33BrClNO/c1-5-10-19-20(11-6-2)23(15-8-4,21(24)12-7-3)27-22(19)26-18-14-9-13-17(25)16-18/h9,13-14,16,21H,5-8,10-12,15H2,1-4H3. The van der Waals surface area contributed by atoms with Gasteiger partial charge in [-0.3, -0.25) is 0 Å². The van der Waals surface area contributed by atoms with Gasteiger partial charge in [-0.25, -0.2) is 4.99 Å². The first-order valence-corrected chi connectivity index (χ1v) is 11.7. The van der Waals surface area contributed by atoms with Crippen LogP contribution in [0.2, 0.25) is 5.02 Å². The van der Waals surface area contributed by atoms with E-state index in [1.807, 2.05) is 24.3 Å². The molecule has 2 nitrogen and oxygen atoms in total. The minimum absolute atomic E-state index is 0.275. The fourth-order valence-corrected chi connectivity index (χ4v) is 5.26. The second kappa shape index (κ2) is 10.7. The molecule has 0 saturated heterocycles. The van der Waals surface area contributed by atoms with Gasteiger partial charge in [-0.05, 0) is 49.5 Å². The highest BCUT2D eigenvalue weighted by molar-refractivity contribution is 9.09. The zero-order chi connectivity index (χ0) is 19.9. The summed E-state index contributed by atoms with van der Waals surface area (Å²) >= 11 is 10.2. The number of hydrogen-bond donors (Lipinski definition) is 0.